The van der Waals surface area contributed by atoms with Crippen LogP contribution in [0.25, 0.3) is 0 Å². The number of carbonyl (C=O) groups is 2. The number of carbonyl (C=O) groups excluding carboxylic acids is 2. The highest BCUT2D eigenvalue weighted by Crippen LogP contribution is 2.22. The van der Waals surface area contributed by atoms with Crippen LogP contribution in [0.2, 0.25) is 0 Å². The Labute approximate surface area is 126 Å². The van der Waals surface area contributed by atoms with Crippen molar-refractivity contribution in [2.45, 2.75) is 53.1 Å². The molecule has 21 heavy (non-hydrogen) atoms. The summed E-state index contributed by atoms with van der Waals surface area (Å²) in [5.74, 6) is -0.0220. The molecule has 1 fully saturated rings. The van der Waals surface area contributed by atoms with Crippen LogP contribution in [0.3, 0.4) is 0 Å². The number of rotatable bonds is 4. The zero-order valence-corrected chi connectivity index (χ0v) is 13.3. The highest BCUT2D eigenvalue weighted by molar-refractivity contribution is 5.94. The molecule has 1 aliphatic heterocycles. The second-order valence-corrected chi connectivity index (χ2v) is 5.92. The van der Waals surface area contributed by atoms with Crippen LogP contribution < -0.4 is 5.32 Å². The second kappa shape index (κ2) is 6.29. The summed E-state index contributed by atoms with van der Waals surface area (Å²) in [7, 11) is 0. The topological polar surface area (TPSA) is 49.4 Å². The van der Waals surface area contributed by atoms with E-state index >= 15 is 0 Å². The van der Waals surface area contributed by atoms with Crippen LogP contribution in [0, 0.1) is 20.8 Å². The van der Waals surface area contributed by atoms with E-state index in [1.807, 2.05) is 6.92 Å². The second-order valence-electron chi connectivity index (χ2n) is 5.92. The molecule has 1 aromatic carbocycles. The Morgan fingerprint density at radius 3 is 2.38 bits per heavy atom. The van der Waals surface area contributed by atoms with Crippen LogP contribution in [0.15, 0.2) is 12.1 Å². The van der Waals surface area contributed by atoms with Crippen LogP contribution in [0.4, 0.5) is 0 Å². The fraction of sp³-hybridized carbons (Fsp3) is 0.529. The van der Waals surface area contributed by atoms with Gasteiger partial charge in [-0.25, -0.2) is 0 Å². The molecule has 0 saturated carbocycles. The molecular weight excluding hydrogens is 264 g/mol. The molecule has 114 valence electrons. The maximum Gasteiger partial charge on any atom is 0.243 e. The van der Waals surface area contributed by atoms with Crippen molar-refractivity contribution in [2.24, 2.45) is 0 Å². The van der Waals surface area contributed by atoms with Gasteiger partial charge >= 0.3 is 0 Å². The van der Waals surface area contributed by atoms with E-state index in [1.165, 1.54) is 16.7 Å². The summed E-state index contributed by atoms with van der Waals surface area (Å²) in [4.78, 5) is 26.0. The summed E-state index contributed by atoms with van der Waals surface area (Å²) in [5.41, 5.74) is 4.74. The van der Waals surface area contributed by atoms with E-state index in [0.29, 0.717) is 13.0 Å². The molecule has 0 radical (unpaired) electrons. The fourth-order valence-corrected chi connectivity index (χ4v) is 3.09. The summed E-state index contributed by atoms with van der Waals surface area (Å²) in [6, 6.07) is 3.92. The fourth-order valence-electron chi connectivity index (χ4n) is 3.09. The van der Waals surface area contributed by atoms with E-state index in [4.69, 9.17) is 0 Å². The number of amides is 2. The van der Waals surface area contributed by atoms with Crippen molar-refractivity contribution < 1.29 is 9.59 Å². The smallest absolute Gasteiger partial charge is 0.243 e. The molecule has 1 unspecified atom stereocenters. The number of nitrogens with zero attached hydrogens (tertiary/aromatic N) is 1. The van der Waals surface area contributed by atoms with Crippen molar-refractivity contribution in [1.82, 2.24) is 10.2 Å². The van der Waals surface area contributed by atoms with E-state index in [-0.39, 0.29) is 24.4 Å². The minimum Gasteiger partial charge on any atom is -0.345 e. The Kier molecular flexibility index (Phi) is 4.66. The predicted molar refractivity (Wildman–Crippen MR) is 82.9 cm³/mol. The molecule has 0 aromatic heterocycles. The Morgan fingerprint density at radius 2 is 1.81 bits per heavy atom. The van der Waals surface area contributed by atoms with Gasteiger partial charge in [-0.15, -0.1) is 0 Å². The van der Waals surface area contributed by atoms with E-state index in [2.05, 4.69) is 38.2 Å². The van der Waals surface area contributed by atoms with Gasteiger partial charge in [0.15, 0.2) is 0 Å². The average Bonchev–Trinajstić information content (AvgIpc) is 2.40. The monoisotopic (exact) mass is 288 g/mol. The quantitative estimate of drug-likeness (QED) is 0.923. The Bertz CT molecular complexity index is 543. The highest BCUT2D eigenvalue weighted by atomic mass is 16.2. The van der Waals surface area contributed by atoms with E-state index in [0.717, 1.165) is 12.0 Å². The van der Waals surface area contributed by atoms with Crippen LogP contribution in [0.1, 0.15) is 42.0 Å². The highest BCUT2D eigenvalue weighted by Gasteiger charge is 2.33. The van der Waals surface area contributed by atoms with Crippen molar-refractivity contribution in [2.75, 3.05) is 6.54 Å². The lowest BCUT2D eigenvalue weighted by Crippen LogP contribution is -2.57. The molecule has 1 atom stereocenters. The number of hydrogen-bond donors (Lipinski definition) is 1. The van der Waals surface area contributed by atoms with Gasteiger partial charge in [0.1, 0.15) is 6.04 Å². The zero-order valence-electron chi connectivity index (χ0n) is 13.3. The number of hydrogen-bond acceptors (Lipinski definition) is 2. The van der Waals surface area contributed by atoms with Gasteiger partial charge in [-0.05, 0) is 43.9 Å². The number of piperazine rings is 1. The van der Waals surface area contributed by atoms with Crippen LogP contribution >= 0.6 is 0 Å². The Morgan fingerprint density at radius 1 is 1.19 bits per heavy atom. The largest absolute Gasteiger partial charge is 0.345 e. The maximum absolute atomic E-state index is 12.2. The molecule has 0 bridgehead atoms. The molecule has 1 saturated heterocycles. The minimum absolute atomic E-state index is 0.00688. The third-order valence-corrected chi connectivity index (χ3v) is 4.14. The summed E-state index contributed by atoms with van der Waals surface area (Å²) >= 11 is 0. The minimum atomic E-state index is -0.337. The maximum atomic E-state index is 12.2. The van der Waals surface area contributed by atoms with Crippen molar-refractivity contribution >= 4 is 11.8 Å². The first-order chi connectivity index (χ1) is 9.93. The molecule has 0 aliphatic carbocycles. The van der Waals surface area contributed by atoms with Gasteiger partial charge in [0.05, 0.1) is 6.54 Å². The SMILES string of the molecule is CCCC1C(=O)NCC(=O)N1Cc1c(C)cc(C)cc1C. The summed E-state index contributed by atoms with van der Waals surface area (Å²) in [6.07, 6.45) is 1.59. The molecule has 1 aromatic rings. The summed E-state index contributed by atoms with van der Waals surface area (Å²) in [6.45, 7) is 8.88. The molecule has 2 rings (SSSR count). The van der Waals surface area contributed by atoms with Gasteiger partial charge < -0.3 is 10.2 Å². The van der Waals surface area contributed by atoms with Crippen molar-refractivity contribution in [3.05, 3.63) is 34.4 Å². The normalized spacial score (nSPS) is 18.9. The molecular formula is C17H24N2O2. The number of aryl methyl sites for hydroxylation is 3. The van der Waals surface area contributed by atoms with Gasteiger partial charge in [0, 0.05) is 6.54 Å². The van der Waals surface area contributed by atoms with Crippen molar-refractivity contribution in [1.29, 1.82) is 0 Å². The molecule has 2 amide bonds. The van der Waals surface area contributed by atoms with Crippen molar-refractivity contribution in [3.63, 3.8) is 0 Å². The molecule has 0 spiro atoms. The van der Waals surface area contributed by atoms with Gasteiger partial charge in [0.25, 0.3) is 0 Å². The van der Waals surface area contributed by atoms with Crippen LogP contribution in [-0.2, 0) is 16.1 Å². The lowest BCUT2D eigenvalue weighted by molar-refractivity contribution is -0.146. The first-order valence-electron chi connectivity index (χ1n) is 7.58. The van der Waals surface area contributed by atoms with Crippen molar-refractivity contribution in [3.8, 4) is 0 Å². The molecule has 1 aliphatic rings. The zero-order chi connectivity index (χ0) is 15.6. The van der Waals surface area contributed by atoms with Gasteiger partial charge in [-0.3, -0.25) is 9.59 Å². The molecule has 4 heteroatoms. The third-order valence-electron chi connectivity index (χ3n) is 4.14. The first-order valence-corrected chi connectivity index (χ1v) is 7.58. The van der Waals surface area contributed by atoms with Gasteiger partial charge in [-0.1, -0.05) is 31.0 Å². The molecule has 4 nitrogen and oxygen atoms in total. The van der Waals surface area contributed by atoms with E-state index in [1.54, 1.807) is 4.90 Å². The first kappa shape index (κ1) is 15.5. The Hall–Kier alpha value is -1.84. The van der Waals surface area contributed by atoms with E-state index < -0.39 is 0 Å². The van der Waals surface area contributed by atoms with Gasteiger partial charge in [0.2, 0.25) is 11.8 Å². The van der Waals surface area contributed by atoms with Crippen LogP contribution in [0.5, 0.6) is 0 Å². The van der Waals surface area contributed by atoms with Crippen LogP contribution in [-0.4, -0.2) is 29.3 Å². The van der Waals surface area contributed by atoms with Gasteiger partial charge in [-0.2, -0.15) is 0 Å². The summed E-state index contributed by atoms with van der Waals surface area (Å²) < 4.78 is 0. The third kappa shape index (κ3) is 3.26. The standard InChI is InChI=1S/C17H24N2O2/c1-5-6-15-17(21)18-9-16(20)19(15)10-14-12(3)7-11(2)8-13(14)4/h7-8,15H,5-6,9-10H2,1-4H3,(H,18,21). The lowest BCUT2D eigenvalue weighted by atomic mass is 9.97. The number of benzene rings is 1. The Balaban J connectivity index is 2.30. The van der Waals surface area contributed by atoms with E-state index in [9.17, 15) is 9.59 Å². The molecule has 1 heterocycles. The number of nitrogens with one attached hydrogen (secondary N) is 1. The molecule has 1 N–H and O–H groups in total. The lowest BCUT2D eigenvalue weighted by Gasteiger charge is -2.35. The average molecular weight is 288 g/mol. The predicted octanol–water partition coefficient (Wildman–Crippen LogP) is 2.24. The summed E-state index contributed by atoms with van der Waals surface area (Å²) in [5, 5.41) is 2.69.